The normalized spacial score (nSPS) is 10.0. The quantitative estimate of drug-likeness (QED) is 0.787. The molecule has 0 amide bonds. The number of allylic oxidation sites excluding steroid dienone is 2. The van der Waals surface area contributed by atoms with E-state index in [1.54, 1.807) is 13.2 Å². The number of methoxy groups -OCH3 is 1. The van der Waals surface area contributed by atoms with Gasteiger partial charge in [0.05, 0.1) is 7.11 Å². The molecule has 0 saturated carbocycles. The van der Waals surface area contributed by atoms with Gasteiger partial charge in [0, 0.05) is 5.56 Å². The molecule has 0 bridgehead atoms. The highest BCUT2D eigenvalue weighted by atomic mass is 16.5. The second kappa shape index (κ2) is 5.59. The number of benzene rings is 1. The maximum Gasteiger partial charge on any atom is 0.129 e. The second-order valence-corrected chi connectivity index (χ2v) is 4.09. The summed E-state index contributed by atoms with van der Waals surface area (Å²) in [7, 11) is 1.65. The SMILES string of the molecule is CCc1ccc(O)c(CC=C(C)C)c1OC. The molecule has 0 heterocycles. The molecule has 0 spiro atoms. The maximum atomic E-state index is 9.85. The summed E-state index contributed by atoms with van der Waals surface area (Å²) in [6.07, 6.45) is 3.72. The molecule has 0 aliphatic heterocycles. The molecule has 0 fully saturated rings. The lowest BCUT2D eigenvalue weighted by Crippen LogP contribution is -1.97. The van der Waals surface area contributed by atoms with Crippen molar-refractivity contribution >= 4 is 0 Å². The van der Waals surface area contributed by atoms with Gasteiger partial charge in [-0.15, -0.1) is 0 Å². The van der Waals surface area contributed by atoms with Crippen molar-refractivity contribution in [3.63, 3.8) is 0 Å². The van der Waals surface area contributed by atoms with E-state index in [0.717, 1.165) is 23.3 Å². The van der Waals surface area contributed by atoms with Crippen LogP contribution in [0.3, 0.4) is 0 Å². The first-order valence-corrected chi connectivity index (χ1v) is 5.61. The molecule has 0 atom stereocenters. The average Bonchev–Trinajstić information content (AvgIpc) is 2.26. The van der Waals surface area contributed by atoms with Crippen molar-refractivity contribution in [2.75, 3.05) is 7.11 Å². The van der Waals surface area contributed by atoms with E-state index in [1.807, 2.05) is 19.9 Å². The lowest BCUT2D eigenvalue weighted by molar-refractivity contribution is 0.397. The maximum absolute atomic E-state index is 9.85. The Hall–Kier alpha value is -1.44. The van der Waals surface area contributed by atoms with Crippen LogP contribution in [0.15, 0.2) is 23.8 Å². The van der Waals surface area contributed by atoms with Crippen LogP contribution in [-0.2, 0) is 12.8 Å². The summed E-state index contributed by atoms with van der Waals surface area (Å²) in [5, 5.41) is 9.85. The van der Waals surface area contributed by atoms with Crippen LogP contribution in [0, 0.1) is 0 Å². The molecular formula is C14H20O2. The number of aromatic hydroxyl groups is 1. The molecule has 2 nitrogen and oxygen atoms in total. The number of hydrogen-bond donors (Lipinski definition) is 1. The Bertz CT molecular complexity index is 388. The van der Waals surface area contributed by atoms with Crippen LogP contribution < -0.4 is 4.74 Å². The Kier molecular flexibility index (Phi) is 4.41. The van der Waals surface area contributed by atoms with Crippen LogP contribution in [0.4, 0.5) is 0 Å². The molecule has 1 N–H and O–H groups in total. The van der Waals surface area contributed by atoms with Gasteiger partial charge in [0.15, 0.2) is 0 Å². The standard InChI is InChI=1S/C14H20O2/c1-5-11-7-9-13(15)12(14(11)16-4)8-6-10(2)3/h6-7,9,15H,5,8H2,1-4H3. The van der Waals surface area contributed by atoms with Crippen molar-refractivity contribution in [2.45, 2.75) is 33.6 Å². The highest BCUT2D eigenvalue weighted by molar-refractivity contribution is 5.50. The fraction of sp³-hybridized carbons (Fsp3) is 0.429. The van der Waals surface area contributed by atoms with Gasteiger partial charge in [-0.1, -0.05) is 24.6 Å². The van der Waals surface area contributed by atoms with E-state index < -0.39 is 0 Å². The summed E-state index contributed by atoms with van der Waals surface area (Å²) < 4.78 is 5.39. The molecule has 0 saturated heterocycles. The van der Waals surface area contributed by atoms with Gasteiger partial charge >= 0.3 is 0 Å². The van der Waals surface area contributed by atoms with Gasteiger partial charge in [0.1, 0.15) is 11.5 Å². The van der Waals surface area contributed by atoms with Crippen molar-refractivity contribution < 1.29 is 9.84 Å². The van der Waals surface area contributed by atoms with Gasteiger partial charge in [-0.3, -0.25) is 0 Å². The minimum atomic E-state index is 0.312. The molecule has 16 heavy (non-hydrogen) atoms. The number of hydrogen-bond acceptors (Lipinski definition) is 2. The third-order valence-corrected chi connectivity index (χ3v) is 2.62. The van der Waals surface area contributed by atoms with Crippen LogP contribution in [0.1, 0.15) is 31.9 Å². The number of ether oxygens (including phenoxy) is 1. The van der Waals surface area contributed by atoms with Crippen molar-refractivity contribution in [1.82, 2.24) is 0 Å². The van der Waals surface area contributed by atoms with Gasteiger partial charge in [0.2, 0.25) is 0 Å². The summed E-state index contributed by atoms with van der Waals surface area (Å²) in [6.45, 7) is 6.18. The van der Waals surface area contributed by atoms with Gasteiger partial charge in [0.25, 0.3) is 0 Å². The van der Waals surface area contributed by atoms with Crippen molar-refractivity contribution in [3.8, 4) is 11.5 Å². The molecule has 1 aromatic rings. The Morgan fingerprint density at radius 3 is 2.56 bits per heavy atom. The average molecular weight is 220 g/mol. The first-order chi connectivity index (χ1) is 7.60. The monoisotopic (exact) mass is 220 g/mol. The Labute approximate surface area is 97.6 Å². The number of phenols is 1. The van der Waals surface area contributed by atoms with E-state index >= 15 is 0 Å². The predicted octanol–water partition coefficient (Wildman–Crippen LogP) is 3.47. The van der Waals surface area contributed by atoms with Gasteiger partial charge in [-0.2, -0.15) is 0 Å². The van der Waals surface area contributed by atoms with E-state index in [9.17, 15) is 5.11 Å². The van der Waals surface area contributed by atoms with E-state index in [4.69, 9.17) is 4.74 Å². The highest BCUT2D eigenvalue weighted by Crippen LogP contribution is 2.32. The largest absolute Gasteiger partial charge is 0.508 e. The molecular weight excluding hydrogens is 200 g/mol. The van der Waals surface area contributed by atoms with Crippen LogP contribution in [0.25, 0.3) is 0 Å². The summed E-state index contributed by atoms with van der Waals surface area (Å²) in [6, 6.07) is 3.66. The predicted molar refractivity (Wildman–Crippen MR) is 67.2 cm³/mol. The zero-order chi connectivity index (χ0) is 12.1. The molecule has 0 aliphatic rings. The highest BCUT2D eigenvalue weighted by Gasteiger charge is 2.11. The molecule has 88 valence electrons. The molecule has 1 rings (SSSR count). The number of aryl methyl sites for hydroxylation is 1. The fourth-order valence-corrected chi connectivity index (χ4v) is 1.70. The minimum absolute atomic E-state index is 0.312. The first kappa shape index (κ1) is 12.6. The first-order valence-electron chi connectivity index (χ1n) is 5.61. The van der Waals surface area contributed by atoms with Crippen molar-refractivity contribution in [3.05, 3.63) is 34.9 Å². The van der Waals surface area contributed by atoms with Gasteiger partial charge < -0.3 is 9.84 Å². The summed E-state index contributed by atoms with van der Waals surface area (Å²) in [5.41, 5.74) is 3.25. The fourth-order valence-electron chi connectivity index (χ4n) is 1.70. The van der Waals surface area contributed by atoms with Gasteiger partial charge in [-0.05, 0) is 38.3 Å². The molecule has 0 unspecified atom stereocenters. The minimum Gasteiger partial charge on any atom is -0.508 e. The summed E-state index contributed by atoms with van der Waals surface area (Å²) in [4.78, 5) is 0. The Balaban J connectivity index is 3.18. The van der Waals surface area contributed by atoms with Crippen LogP contribution in [0.5, 0.6) is 11.5 Å². The third-order valence-electron chi connectivity index (χ3n) is 2.62. The zero-order valence-electron chi connectivity index (χ0n) is 10.5. The lowest BCUT2D eigenvalue weighted by atomic mass is 10.0. The van der Waals surface area contributed by atoms with Crippen LogP contribution >= 0.6 is 0 Å². The Morgan fingerprint density at radius 1 is 1.38 bits per heavy atom. The van der Waals surface area contributed by atoms with Crippen molar-refractivity contribution in [1.29, 1.82) is 0 Å². The van der Waals surface area contributed by atoms with E-state index in [-0.39, 0.29) is 0 Å². The molecule has 1 aromatic carbocycles. The van der Waals surface area contributed by atoms with E-state index in [1.165, 1.54) is 5.57 Å². The second-order valence-electron chi connectivity index (χ2n) is 4.09. The topological polar surface area (TPSA) is 29.5 Å². The number of phenolic OH excluding ortho intramolecular Hbond substituents is 1. The lowest BCUT2D eigenvalue weighted by Gasteiger charge is -2.13. The van der Waals surface area contributed by atoms with Crippen LogP contribution in [0.2, 0.25) is 0 Å². The third kappa shape index (κ3) is 2.78. The van der Waals surface area contributed by atoms with E-state index in [2.05, 4.69) is 13.0 Å². The van der Waals surface area contributed by atoms with E-state index in [0.29, 0.717) is 12.2 Å². The van der Waals surface area contributed by atoms with Gasteiger partial charge in [-0.25, -0.2) is 0 Å². The molecule has 0 aliphatic carbocycles. The summed E-state index contributed by atoms with van der Waals surface area (Å²) in [5.74, 6) is 1.13. The smallest absolute Gasteiger partial charge is 0.129 e. The Morgan fingerprint density at radius 2 is 2.06 bits per heavy atom. The zero-order valence-corrected chi connectivity index (χ0v) is 10.5. The number of rotatable bonds is 4. The van der Waals surface area contributed by atoms with Crippen LogP contribution in [-0.4, -0.2) is 12.2 Å². The molecule has 2 heteroatoms. The molecule has 0 aromatic heterocycles. The van der Waals surface area contributed by atoms with Crippen molar-refractivity contribution in [2.24, 2.45) is 0 Å². The summed E-state index contributed by atoms with van der Waals surface area (Å²) >= 11 is 0. The molecule has 0 radical (unpaired) electrons.